The quantitative estimate of drug-likeness (QED) is 0.427. The van der Waals surface area contributed by atoms with Crippen LogP contribution in [0.1, 0.15) is 12.5 Å². The molecule has 0 fully saturated rings. The van der Waals surface area contributed by atoms with Crippen LogP contribution in [0.4, 0.5) is 11.4 Å². The van der Waals surface area contributed by atoms with Crippen molar-refractivity contribution in [3.05, 3.63) is 82.4 Å². The van der Waals surface area contributed by atoms with Crippen LogP contribution < -0.4 is 14.8 Å². The summed E-state index contributed by atoms with van der Waals surface area (Å²) in [5.41, 5.74) is 3.03. The molecule has 0 saturated heterocycles. The summed E-state index contributed by atoms with van der Waals surface area (Å²) in [5.74, 6) is 0.723. The highest BCUT2D eigenvalue weighted by atomic mass is 16.6. The lowest BCUT2D eigenvalue weighted by Crippen LogP contribution is -2.20. The molecule has 0 aromatic heterocycles. The Balaban J connectivity index is 1.76. The number of hydrogen-bond donors (Lipinski definition) is 1. The van der Waals surface area contributed by atoms with Crippen molar-refractivity contribution in [2.45, 2.75) is 13.3 Å². The van der Waals surface area contributed by atoms with Crippen LogP contribution in [0.25, 0.3) is 11.1 Å². The first-order valence-electron chi connectivity index (χ1n) is 9.44. The van der Waals surface area contributed by atoms with Crippen LogP contribution in [0.2, 0.25) is 0 Å². The topological polar surface area (TPSA) is 90.7 Å². The van der Waals surface area contributed by atoms with Crippen LogP contribution in [0.5, 0.6) is 11.5 Å². The Bertz CT molecular complexity index is 1030. The van der Waals surface area contributed by atoms with Gasteiger partial charge in [-0.2, -0.15) is 0 Å². The monoisotopic (exact) mass is 406 g/mol. The van der Waals surface area contributed by atoms with Gasteiger partial charge in [0.25, 0.3) is 11.6 Å². The molecule has 0 aliphatic carbocycles. The SMILES string of the molecule is CCc1ccc(NC(=O)COc2ccc([N+](=O)[O-])cc2-c2ccc(OC)cc2)cc1. The smallest absolute Gasteiger partial charge is 0.270 e. The fraction of sp³-hybridized carbons (Fsp3) is 0.174. The second kappa shape index (κ2) is 9.56. The van der Waals surface area contributed by atoms with Crippen LogP contribution in [-0.2, 0) is 11.2 Å². The number of non-ortho nitro benzene ring substituents is 1. The molecule has 7 nitrogen and oxygen atoms in total. The highest BCUT2D eigenvalue weighted by Crippen LogP contribution is 2.34. The second-order valence-electron chi connectivity index (χ2n) is 6.55. The molecule has 0 aliphatic rings. The van der Waals surface area contributed by atoms with Crippen LogP contribution in [0.3, 0.4) is 0 Å². The number of carbonyl (C=O) groups excluding carboxylic acids is 1. The average Bonchev–Trinajstić information content (AvgIpc) is 2.78. The fourth-order valence-electron chi connectivity index (χ4n) is 2.92. The molecule has 0 bridgehead atoms. The highest BCUT2D eigenvalue weighted by molar-refractivity contribution is 5.92. The predicted octanol–water partition coefficient (Wildman–Crippen LogP) is 4.85. The first kappa shape index (κ1) is 20.9. The minimum atomic E-state index is -0.469. The Morgan fingerprint density at radius 1 is 1.03 bits per heavy atom. The van der Waals surface area contributed by atoms with Crippen LogP contribution >= 0.6 is 0 Å². The lowest BCUT2D eigenvalue weighted by molar-refractivity contribution is -0.384. The lowest BCUT2D eigenvalue weighted by Gasteiger charge is -2.12. The summed E-state index contributed by atoms with van der Waals surface area (Å²) >= 11 is 0. The van der Waals surface area contributed by atoms with E-state index < -0.39 is 4.92 Å². The summed E-state index contributed by atoms with van der Waals surface area (Å²) in [6.45, 7) is 1.84. The van der Waals surface area contributed by atoms with E-state index in [9.17, 15) is 14.9 Å². The zero-order valence-electron chi connectivity index (χ0n) is 16.8. The van der Waals surface area contributed by atoms with Crippen molar-refractivity contribution in [1.82, 2.24) is 0 Å². The molecular weight excluding hydrogens is 384 g/mol. The van der Waals surface area contributed by atoms with E-state index in [1.54, 1.807) is 31.4 Å². The van der Waals surface area contributed by atoms with Gasteiger partial charge in [-0.3, -0.25) is 14.9 Å². The molecule has 30 heavy (non-hydrogen) atoms. The summed E-state index contributed by atoms with van der Waals surface area (Å²) in [6, 6.07) is 18.9. The number of ether oxygens (including phenoxy) is 2. The average molecular weight is 406 g/mol. The second-order valence-corrected chi connectivity index (χ2v) is 6.55. The summed E-state index contributed by atoms with van der Waals surface area (Å²) in [6.07, 6.45) is 0.922. The van der Waals surface area contributed by atoms with Crippen LogP contribution in [-0.4, -0.2) is 24.5 Å². The number of nitrogens with one attached hydrogen (secondary N) is 1. The third kappa shape index (κ3) is 5.14. The first-order valence-corrected chi connectivity index (χ1v) is 9.44. The molecule has 3 aromatic rings. The number of benzene rings is 3. The number of methoxy groups -OCH3 is 1. The van der Waals surface area contributed by atoms with Crippen molar-refractivity contribution in [2.24, 2.45) is 0 Å². The third-order valence-corrected chi connectivity index (χ3v) is 4.58. The van der Waals surface area contributed by atoms with E-state index in [0.29, 0.717) is 28.3 Å². The highest BCUT2D eigenvalue weighted by Gasteiger charge is 2.15. The molecule has 0 unspecified atom stereocenters. The van der Waals surface area contributed by atoms with E-state index >= 15 is 0 Å². The van der Waals surface area contributed by atoms with Crippen LogP contribution in [0, 0.1) is 10.1 Å². The fourth-order valence-corrected chi connectivity index (χ4v) is 2.92. The van der Waals surface area contributed by atoms with Crippen LogP contribution in [0.15, 0.2) is 66.7 Å². The summed E-state index contributed by atoms with van der Waals surface area (Å²) in [7, 11) is 1.56. The number of rotatable bonds is 8. The van der Waals surface area contributed by atoms with Crippen molar-refractivity contribution in [3.8, 4) is 22.6 Å². The molecule has 0 atom stereocenters. The van der Waals surface area contributed by atoms with Gasteiger partial charge in [-0.1, -0.05) is 31.2 Å². The first-order chi connectivity index (χ1) is 14.5. The number of amides is 1. The van der Waals surface area contributed by atoms with Gasteiger partial charge in [0.2, 0.25) is 0 Å². The van der Waals surface area contributed by atoms with Crippen molar-refractivity contribution >= 4 is 17.3 Å². The maximum absolute atomic E-state index is 12.3. The summed E-state index contributed by atoms with van der Waals surface area (Å²) < 4.78 is 10.9. The van der Waals surface area contributed by atoms with Gasteiger partial charge in [-0.05, 0) is 47.9 Å². The number of nitro groups is 1. The zero-order chi connectivity index (χ0) is 21.5. The van der Waals surface area contributed by atoms with Gasteiger partial charge in [0.1, 0.15) is 11.5 Å². The normalized spacial score (nSPS) is 10.3. The number of nitro benzene ring substituents is 1. The van der Waals surface area contributed by atoms with Crippen molar-refractivity contribution < 1.29 is 19.2 Å². The molecule has 1 amide bonds. The molecule has 7 heteroatoms. The Kier molecular flexibility index (Phi) is 6.64. The molecule has 154 valence electrons. The molecule has 0 aliphatic heterocycles. The van der Waals surface area contributed by atoms with Gasteiger partial charge in [-0.25, -0.2) is 0 Å². The predicted molar refractivity (Wildman–Crippen MR) is 115 cm³/mol. The van der Waals surface area contributed by atoms with Gasteiger partial charge in [0, 0.05) is 23.4 Å². The Morgan fingerprint density at radius 3 is 2.33 bits per heavy atom. The van der Waals surface area contributed by atoms with Crippen molar-refractivity contribution in [3.63, 3.8) is 0 Å². The Hall–Kier alpha value is -3.87. The number of carbonyl (C=O) groups is 1. The van der Waals surface area contributed by atoms with Crippen molar-refractivity contribution in [2.75, 3.05) is 19.0 Å². The van der Waals surface area contributed by atoms with E-state index in [1.165, 1.54) is 23.8 Å². The largest absolute Gasteiger partial charge is 0.497 e. The number of anilines is 1. The van der Waals surface area contributed by atoms with E-state index in [2.05, 4.69) is 12.2 Å². The van der Waals surface area contributed by atoms with Gasteiger partial charge in [0.05, 0.1) is 12.0 Å². The molecule has 0 radical (unpaired) electrons. The van der Waals surface area contributed by atoms with E-state index in [0.717, 1.165) is 6.42 Å². The molecule has 3 rings (SSSR count). The third-order valence-electron chi connectivity index (χ3n) is 4.58. The van der Waals surface area contributed by atoms with Crippen molar-refractivity contribution in [1.29, 1.82) is 0 Å². The maximum atomic E-state index is 12.3. The lowest BCUT2D eigenvalue weighted by atomic mass is 10.0. The van der Waals surface area contributed by atoms with E-state index in [4.69, 9.17) is 9.47 Å². The maximum Gasteiger partial charge on any atom is 0.270 e. The van der Waals surface area contributed by atoms with Gasteiger partial charge >= 0.3 is 0 Å². The molecule has 0 heterocycles. The summed E-state index contributed by atoms with van der Waals surface area (Å²) in [5, 5.41) is 14.0. The van der Waals surface area contributed by atoms with Gasteiger partial charge in [0.15, 0.2) is 6.61 Å². The van der Waals surface area contributed by atoms with E-state index in [1.807, 2.05) is 24.3 Å². The Morgan fingerprint density at radius 2 is 1.73 bits per heavy atom. The standard InChI is InChI=1S/C23H22N2O5/c1-3-16-4-8-18(9-5-16)24-23(26)15-30-22-13-10-19(25(27)28)14-21(22)17-6-11-20(29-2)12-7-17/h4-14H,3,15H2,1-2H3,(H,24,26). The number of nitrogens with zero attached hydrogens (tertiary/aromatic N) is 1. The molecule has 3 aromatic carbocycles. The molecule has 0 saturated carbocycles. The van der Waals surface area contributed by atoms with Gasteiger partial charge in [-0.15, -0.1) is 0 Å². The number of aryl methyl sites for hydroxylation is 1. The molecule has 1 N–H and O–H groups in total. The Labute approximate surface area is 174 Å². The molecular formula is C23H22N2O5. The number of hydrogen-bond acceptors (Lipinski definition) is 5. The molecule has 0 spiro atoms. The minimum absolute atomic E-state index is 0.0615. The van der Waals surface area contributed by atoms with Gasteiger partial charge < -0.3 is 14.8 Å². The summed E-state index contributed by atoms with van der Waals surface area (Å²) in [4.78, 5) is 23.0. The minimum Gasteiger partial charge on any atom is -0.497 e. The zero-order valence-corrected chi connectivity index (χ0v) is 16.8. The van der Waals surface area contributed by atoms with E-state index in [-0.39, 0.29) is 18.2 Å².